The van der Waals surface area contributed by atoms with Crippen LogP contribution in [0.25, 0.3) is 5.65 Å². The zero-order valence-corrected chi connectivity index (χ0v) is 14.7. The molecule has 0 amide bonds. The second kappa shape index (κ2) is 5.90. The molecule has 1 atom stereocenters. The Bertz CT molecular complexity index is 728. The van der Waals surface area contributed by atoms with E-state index in [1.807, 2.05) is 17.6 Å². The van der Waals surface area contributed by atoms with Crippen LogP contribution in [0.2, 0.25) is 0 Å². The van der Waals surface area contributed by atoms with E-state index in [0.29, 0.717) is 22.9 Å². The molecule has 130 valence electrons. The van der Waals surface area contributed by atoms with Crippen molar-refractivity contribution in [3.63, 3.8) is 0 Å². The van der Waals surface area contributed by atoms with Crippen molar-refractivity contribution < 1.29 is 4.74 Å². The van der Waals surface area contributed by atoms with Gasteiger partial charge in [0.15, 0.2) is 11.5 Å². The lowest BCUT2D eigenvalue weighted by atomic mass is 9.51. The molecule has 0 radical (unpaired) electrons. The summed E-state index contributed by atoms with van der Waals surface area (Å²) < 4.78 is 7.66. The molecule has 24 heavy (non-hydrogen) atoms. The number of imidazole rings is 1. The monoisotopic (exact) mass is 329 g/mol. The zero-order valence-electron chi connectivity index (χ0n) is 14.7. The summed E-state index contributed by atoms with van der Waals surface area (Å²) in [5.41, 5.74) is 8.51. The largest absolute Gasteiger partial charge is 0.459 e. The molecule has 0 unspecified atom stereocenters. The van der Waals surface area contributed by atoms with Gasteiger partial charge in [0.05, 0.1) is 18.0 Å². The van der Waals surface area contributed by atoms with Crippen molar-refractivity contribution in [1.82, 2.24) is 19.6 Å². The fourth-order valence-corrected chi connectivity index (χ4v) is 4.45. The number of nitrogens with two attached hydrogens (primary N) is 1. The first-order valence-electron chi connectivity index (χ1n) is 9.25. The normalized spacial score (nSPS) is 20.8. The minimum atomic E-state index is 0.0870. The predicted octanol–water partition coefficient (Wildman–Crippen LogP) is 3.40. The first kappa shape index (κ1) is 15.7. The van der Waals surface area contributed by atoms with Gasteiger partial charge in [-0.15, -0.1) is 5.10 Å². The third-order valence-corrected chi connectivity index (χ3v) is 5.80. The Labute approximate surface area is 142 Å². The van der Waals surface area contributed by atoms with Crippen LogP contribution in [-0.4, -0.2) is 25.7 Å². The maximum atomic E-state index is 6.06. The summed E-state index contributed by atoms with van der Waals surface area (Å²) in [7, 11) is 0. The molecular formula is C18H27N5O. The van der Waals surface area contributed by atoms with Gasteiger partial charge >= 0.3 is 6.01 Å². The van der Waals surface area contributed by atoms with Crippen molar-refractivity contribution in [2.75, 3.05) is 5.73 Å². The molecule has 6 heteroatoms. The van der Waals surface area contributed by atoms with E-state index >= 15 is 0 Å². The molecule has 0 saturated heterocycles. The van der Waals surface area contributed by atoms with E-state index in [4.69, 9.17) is 10.5 Å². The van der Waals surface area contributed by atoms with Gasteiger partial charge in [-0.25, -0.2) is 9.50 Å². The maximum Gasteiger partial charge on any atom is 0.336 e. The van der Waals surface area contributed by atoms with Crippen molar-refractivity contribution in [2.24, 2.45) is 11.3 Å². The summed E-state index contributed by atoms with van der Waals surface area (Å²) in [6, 6.07) is 0.351. The van der Waals surface area contributed by atoms with Gasteiger partial charge in [-0.2, -0.15) is 4.98 Å². The Morgan fingerprint density at radius 1 is 1.42 bits per heavy atom. The molecule has 2 heterocycles. The summed E-state index contributed by atoms with van der Waals surface area (Å²) in [6.45, 7) is 4.17. The van der Waals surface area contributed by atoms with Crippen molar-refractivity contribution >= 4 is 11.5 Å². The highest BCUT2D eigenvalue weighted by molar-refractivity contribution is 5.59. The number of anilines is 1. The van der Waals surface area contributed by atoms with Gasteiger partial charge in [0.25, 0.3) is 0 Å². The minimum absolute atomic E-state index is 0.0870. The number of aromatic nitrogens is 4. The van der Waals surface area contributed by atoms with E-state index in [1.54, 1.807) is 0 Å². The van der Waals surface area contributed by atoms with Crippen molar-refractivity contribution in [1.29, 1.82) is 0 Å². The second-order valence-electron chi connectivity index (χ2n) is 7.81. The average molecular weight is 329 g/mol. The fourth-order valence-electron chi connectivity index (χ4n) is 4.45. The number of hydrogen-bond donors (Lipinski definition) is 1. The molecule has 4 rings (SSSR count). The van der Waals surface area contributed by atoms with Gasteiger partial charge in [0.2, 0.25) is 0 Å². The van der Waals surface area contributed by atoms with Gasteiger partial charge in [-0.05, 0) is 56.8 Å². The van der Waals surface area contributed by atoms with E-state index in [9.17, 15) is 0 Å². The lowest BCUT2D eigenvalue weighted by molar-refractivity contribution is -0.0244. The molecule has 0 bridgehead atoms. The summed E-state index contributed by atoms with van der Waals surface area (Å²) in [5.74, 6) is 1.14. The van der Waals surface area contributed by atoms with Crippen molar-refractivity contribution in [3.8, 4) is 6.01 Å². The Morgan fingerprint density at radius 3 is 2.88 bits per heavy atom. The third-order valence-electron chi connectivity index (χ3n) is 5.80. The molecule has 2 saturated carbocycles. The third kappa shape index (κ3) is 2.72. The summed E-state index contributed by atoms with van der Waals surface area (Å²) >= 11 is 0. The van der Waals surface area contributed by atoms with Crippen LogP contribution in [0.3, 0.4) is 0 Å². The standard InChI is InChI=1S/C18H27N5O/c1-3-5-12(2)24-17-21-15(19)16-20-11-14(23(16)22-17)8-13-9-18(10-13)6-4-7-18/h11-13H,3-10H2,1-2H3,(H2,19,21,22)/t12-/m0/s1. The van der Waals surface area contributed by atoms with Gasteiger partial charge < -0.3 is 10.5 Å². The first-order valence-corrected chi connectivity index (χ1v) is 9.25. The molecule has 2 aromatic heterocycles. The molecule has 2 N–H and O–H groups in total. The molecule has 2 aliphatic carbocycles. The van der Waals surface area contributed by atoms with Crippen LogP contribution < -0.4 is 10.5 Å². The van der Waals surface area contributed by atoms with E-state index in [1.165, 1.54) is 32.1 Å². The Kier molecular flexibility index (Phi) is 3.85. The fraction of sp³-hybridized carbons (Fsp3) is 0.722. The van der Waals surface area contributed by atoms with E-state index in [0.717, 1.165) is 30.9 Å². The van der Waals surface area contributed by atoms with Crippen LogP contribution in [0, 0.1) is 11.3 Å². The van der Waals surface area contributed by atoms with Crippen LogP contribution in [0.5, 0.6) is 6.01 Å². The molecule has 6 nitrogen and oxygen atoms in total. The molecule has 1 spiro atoms. The van der Waals surface area contributed by atoms with Gasteiger partial charge in [-0.3, -0.25) is 0 Å². The maximum absolute atomic E-state index is 6.06. The molecular weight excluding hydrogens is 302 g/mol. The zero-order chi connectivity index (χ0) is 16.7. The first-order chi connectivity index (χ1) is 11.6. The Morgan fingerprint density at radius 2 is 2.21 bits per heavy atom. The molecule has 0 aromatic carbocycles. The van der Waals surface area contributed by atoms with Crippen LogP contribution >= 0.6 is 0 Å². The lowest BCUT2D eigenvalue weighted by Gasteiger charge is -2.54. The predicted molar refractivity (Wildman–Crippen MR) is 92.9 cm³/mol. The number of nitrogen functional groups attached to an aromatic ring is 1. The number of hydrogen-bond acceptors (Lipinski definition) is 5. The number of rotatable bonds is 6. The Balaban J connectivity index is 1.52. The van der Waals surface area contributed by atoms with Crippen LogP contribution in [0.4, 0.5) is 5.82 Å². The Hall–Kier alpha value is -1.85. The van der Waals surface area contributed by atoms with Crippen LogP contribution in [0.15, 0.2) is 6.20 Å². The van der Waals surface area contributed by atoms with E-state index in [-0.39, 0.29) is 6.10 Å². The van der Waals surface area contributed by atoms with E-state index < -0.39 is 0 Å². The minimum Gasteiger partial charge on any atom is -0.459 e. The summed E-state index contributed by atoms with van der Waals surface area (Å²) in [4.78, 5) is 8.67. The van der Waals surface area contributed by atoms with Gasteiger partial charge in [0, 0.05) is 0 Å². The highest BCUT2D eigenvalue weighted by Crippen LogP contribution is 2.59. The van der Waals surface area contributed by atoms with Crippen molar-refractivity contribution in [3.05, 3.63) is 11.9 Å². The highest BCUT2D eigenvalue weighted by Gasteiger charge is 2.47. The topological polar surface area (TPSA) is 78.3 Å². The smallest absolute Gasteiger partial charge is 0.336 e. The van der Waals surface area contributed by atoms with Gasteiger partial charge in [0.1, 0.15) is 0 Å². The summed E-state index contributed by atoms with van der Waals surface area (Å²) in [6.07, 6.45) is 12.0. The van der Waals surface area contributed by atoms with Crippen LogP contribution in [0.1, 0.15) is 64.5 Å². The SMILES string of the molecule is CCC[C@H](C)Oc1nc(N)c2ncc(CC3CC4(CCC4)C3)n2n1. The quantitative estimate of drug-likeness (QED) is 0.879. The number of nitrogens with zero attached hydrogens (tertiary/aromatic N) is 4. The van der Waals surface area contributed by atoms with Gasteiger partial charge in [-0.1, -0.05) is 19.8 Å². The average Bonchev–Trinajstić information content (AvgIpc) is 2.84. The lowest BCUT2D eigenvalue weighted by Crippen LogP contribution is -2.43. The second-order valence-corrected chi connectivity index (χ2v) is 7.81. The molecule has 2 aromatic rings. The number of fused-ring (bicyclic) bond motifs is 1. The highest BCUT2D eigenvalue weighted by atomic mass is 16.5. The molecule has 0 aliphatic heterocycles. The molecule has 2 aliphatic rings. The number of ether oxygens (including phenoxy) is 1. The van der Waals surface area contributed by atoms with Crippen LogP contribution in [-0.2, 0) is 6.42 Å². The molecule has 2 fully saturated rings. The van der Waals surface area contributed by atoms with E-state index in [2.05, 4.69) is 22.0 Å². The van der Waals surface area contributed by atoms with Crippen molar-refractivity contribution in [2.45, 2.75) is 71.3 Å². The summed E-state index contributed by atoms with van der Waals surface area (Å²) in [5, 5.41) is 4.54.